The highest BCUT2D eigenvalue weighted by Crippen LogP contribution is 2.19. The molecule has 0 fully saturated rings. The molecule has 0 aliphatic heterocycles. The summed E-state index contributed by atoms with van der Waals surface area (Å²) in [4.78, 5) is 12.1. The fourth-order valence-corrected chi connectivity index (χ4v) is 3.97. The van der Waals surface area contributed by atoms with E-state index >= 15 is 0 Å². The first-order valence-electron chi connectivity index (χ1n) is 11.5. The fourth-order valence-electron chi connectivity index (χ4n) is 3.36. The van der Waals surface area contributed by atoms with Crippen molar-refractivity contribution in [2.75, 3.05) is 0 Å². The van der Waals surface area contributed by atoms with Gasteiger partial charge in [0, 0.05) is 45.2 Å². The van der Waals surface area contributed by atoms with Crippen molar-refractivity contribution in [1.82, 2.24) is 0 Å². The largest absolute Gasteiger partial charge is 0.287 e. The Balaban J connectivity index is 1.53. The average Bonchev–Trinajstić information content (AvgIpc) is 2.95. The summed E-state index contributed by atoms with van der Waals surface area (Å²) in [6, 6.07) is 32.0. The minimum atomic E-state index is 0.0340. The average molecular weight is 503 g/mol. The molecule has 0 N–H and O–H groups in total. The highest BCUT2D eigenvalue weighted by Gasteiger charge is 2.03. The summed E-state index contributed by atoms with van der Waals surface area (Å²) in [5.74, 6) is 18.3. The van der Waals surface area contributed by atoms with Crippen molar-refractivity contribution < 1.29 is 4.79 Å². The van der Waals surface area contributed by atoms with Crippen molar-refractivity contribution in [3.05, 3.63) is 136 Å². The van der Waals surface area contributed by atoms with Crippen LogP contribution in [0.4, 0.5) is 0 Å². The van der Waals surface area contributed by atoms with Gasteiger partial charge in [0.25, 0.3) is 0 Å². The summed E-state index contributed by atoms with van der Waals surface area (Å²) in [7, 11) is 0. The number of carbonyl (C=O) groups excluding carboxylic acids is 1. The number of hydrogen-bond donors (Lipinski definition) is 0. The molecule has 3 nitrogen and oxygen atoms in total. The molecule has 0 saturated heterocycles. The van der Waals surface area contributed by atoms with Gasteiger partial charge < -0.3 is 0 Å². The molecule has 0 spiro atoms. The maximum atomic E-state index is 11.2. The van der Waals surface area contributed by atoms with E-state index in [0.29, 0.717) is 33.4 Å². The second-order valence-corrected chi connectivity index (χ2v) is 9.23. The van der Waals surface area contributed by atoms with Gasteiger partial charge in [-0.1, -0.05) is 65.5 Å². The molecule has 4 heteroatoms. The zero-order valence-electron chi connectivity index (χ0n) is 20.4. The number of rotatable bonds is 1. The van der Waals surface area contributed by atoms with Crippen molar-refractivity contribution in [2.45, 2.75) is 11.8 Å². The minimum absolute atomic E-state index is 0.0340. The van der Waals surface area contributed by atoms with Crippen LogP contribution in [0.2, 0.25) is 0 Å². The van der Waals surface area contributed by atoms with Crippen LogP contribution in [0, 0.1) is 58.2 Å². The molecular weight excluding hydrogens is 484 g/mol. The molecule has 38 heavy (non-hydrogen) atoms. The Morgan fingerprint density at radius 2 is 1.00 bits per heavy atom. The second kappa shape index (κ2) is 12.5. The van der Waals surface area contributed by atoms with Gasteiger partial charge in [0.2, 0.25) is 0 Å². The summed E-state index contributed by atoms with van der Waals surface area (Å²) in [6.07, 6.45) is 0. The van der Waals surface area contributed by atoms with Gasteiger partial charge in [0.05, 0.1) is 11.1 Å². The molecule has 0 heterocycles. The van der Waals surface area contributed by atoms with Crippen molar-refractivity contribution in [2.24, 2.45) is 0 Å². The van der Waals surface area contributed by atoms with Gasteiger partial charge in [-0.25, -0.2) is 0 Å². The maximum absolute atomic E-state index is 11.2. The quantitative estimate of drug-likeness (QED) is 0.227. The van der Waals surface area contributed by atoms with Crippen LogP contribution >= 0.6 is 11.8 Å². The summed E-state index contributed by atoms with van der Waals surface area (Å²) in [6.45, 7) is 1.53. The van der Waals surface area contributed by atoms with Crippen LogP contribution in [0.5, 0.6) is 0 Å². The molecule has 0 unspecified atom stereocenters. The topological polar surface area (TPSA) is 64.7 Å². The van der Waals surface area contributed by atoms with Crippen LogP contribution in [0.1, 0.15) is 51.4 Å². The lowest BCUT2D eigenvalue weighted by atomic mass is 10.0. The molecule has 4 aromatic rings. The molecule has 0 atom stereocenters. The Bertz CT molecular complexity index is 1790. The lowest BCUT2D eigenvalue weighted by Gasteiger charge is -1.99. The molecule has 4 rings (SSSR count). The van der Waals surface area contributed by atoms with Crippen molar-refractivity contribution in [1.29, 1.82) is 10.5 Å². The fraction of sp³-hybridized carbons (Fsp3) is 0.0294. The first-order chi connectivity index (χ1) is 18.5. The number of nitriles is 2. The second-order valence-electron chi connectivity index (χ2n) is 7.98. The number of thioether (sulfide) groups is 1. The minimum Gasteiger partial charge on any atom is -0.287 e. The van der Waals surface area contributed by atoms with Crippen LogP contribution in [-0.4, -0.2) is 5.12 Å². The van der Waals surface area contributed by atoms with Gasteiger partial charge in [0.15, 0.2) is 5.12 Å². The summed E-state index contributed by atoms with van der Waals surface area (Å²) in [5, 5.41) is 19.3. The van der Waals surface area contributed by atoms with E-state index in [-0.39, 0.29) is 5.12 Å². The van der Waals surface area contributed by atoms with Gasteiger partial charge in [-0.3, -0.25) is 4.79 Å². The van der Waals surface area contributed by atoms with E-state index in [1.807, 2.05) is 66.7 Å². The maximum Gasteiger partial charge on any atom is 0.190 e. The highest BCUT2D eigenvalue weighted by atomic mass is 32.2. The summed E-state index contributed by atoms with van der Waals surface area (Å²) >= 11 is 1.18. The number of benzene rings is 4. The Kier molecular flexibility index (Phi) is 8.44. The van der Waals surface area contributed by atoms with Crippen LogP contribution < -0.4 is 0 Å². The van der Waals surface area contributed by atoms with E-state index in [4.69, 9.17) is 0 Å². The third-order valence-corrected chi connectivity index (χ3v) is 6.00. The van der Waals surface area contributed by atoms with E-state index in [0.717, 1.165) is 16.0 Å². The molecule has 0 saturated carbocycles. The Morgan fingerprint density at radius 1 is 0.553 bits per heavy atom. The zero-order chi connectivity index (χ0) is 26.7. The molecule has 0 aliphatic rings. The van der Waals surface area contributed by atoms with Gasteiger partial charge in [0.1, 0.15) is 12.1 Å². The number of hydrogen-bond acceptors (Lipinski definition) is 4. The smallest absolute Gasteiger partial charge is 0.190 e. The van der Waals surface area contributed by atoms with Gasteiger partial charge in [-0.2, -0.15) is 10.5 Å². The van der Waals surface area contributed by atoms with E-state index in [9.17, 15) is 15.3 Å². The van der Waals surface area contributed by atoms with E-state index in [1.54, 1.807) is 24.3 Å². The van der Waals surface area contributed by atoms with E-state index < -0.39 is 0 Å². The van der Waals surface area contributed by atoms with Crippen molar-refractivity contribution in [3.8, 4) is 47.7 Å². The van der Waals surface area contributed by atoms with Crippen molar-refractivity contribution >= 4 is 16.9 Å². The van der Waals surface area contributed by atoms with Gasteiger partial charge in [-0.05, 0) is 72.8 Å². The predicted octanol–water partition coefficient (Wildman–Crippen LogP) is 6.27. The zero-order valence-corrected chi connectivity index (χ0v) is 21.2. The normalized spacial score (nSPS) is 9.24. The molecule has 0 radical (unpaired) electrons. The number of nitrogens with zero attached hydrogens (tertiary/aromatic N) is 2. The van der Waals surface area contributed by atoms with Crippen molar-refractivity contribution in [3.63, 3.8) is 0 Å². The standard InChI is InChI=1S/C34H18N2OS/c1-25(37)38-34-19-13-27(14-20-34)7-8-28-10-16-31(32(21-28)23-35)18-12-29-11-17-30(33(22-29)24-36)15-9-26-5-3-2-4-6-26/h2-6,10-11,13-14,16-17,19-22H,1H3. The Hall–Kier alpha value is -5.44. The highest BCUT2D eigenvalue weighted by molar-refractivity contribution is 8.13. The first kappa shape index (κ1) is 25.6. The van der Waals surface area contributed by atoms with Crippen LogP contribution in [0.25, 0.3) is 0 Å². The summed E-state index contributed by atoms with van der Waals surface area (Å²) in [5.41, 5.74) is 5.12. The lowest BCUT2D eigenvalue weighted by molar-refractivity contribution is -0.109. The molecule has 0 amide bonds. The van der Waals surface area contributed by atoms with E-state index in [1.165, 1.54) is 18.7 Å². The lowest BCUT2D eigenvalue weighted by Crippen LogP contribution is -1.88. The van der Waals surface area contributed by atoms with Crippen LogP contribution in [0.15, 0.2) is 95.9 Å². The van der Waals surface area contributed by atoms with E-state index in [2.05, 4.69) is 47.7 Å². The predicted molar refractivity (Wildman–Crippen MR) is 150 cm³/mol. The molecular formula is C34H18N2OS. The van der Waals surface area contributed by atoms with Crippen LogP contribution in [0.3, 0.4) is 0 Å². The van der Waals surface area contributed by atoms with Gasteiger partial charge >= 0.3 is 0 Å². The Morgan fingerprint density at radius 3 is 1.53 bits per heavy atom. The number of carbonyl (C=O) groups is 1. The molecule has 4 aromatic carbocycles. The first-order valence-corrected chi connectivity index (χ1v) is 12.3. The monoisotopic (exact) mass is 502 g/mol. The molecule has 0 bridgehead atoms. The van der Waals surface area contributed by atoms with Gasteiger partial charge in [-0.15, -0.1) is 0 Å². The summed E-state index contributed by atoms with van der Waals surface area (Å²) < 4.78 is 0. The third kappa shape index (κ3) is 7.05. The molecule has 0 aliphatic carbocycles. The molecule has 0 aromatic heterocycles. The third-order valence-electron chi connectivity index (χ3n) is 5.20. The SMILES string of the molecule is CC(=O)Sc1ccc(C#Cc2ccc(C#Cc3ccc(C#Cc4ccccc4)c(C#N)c3)c(C#N)c2)cc1. The molecule has 176 valence electrons. The van der Waals surface area contributed by atoms with Crippen LogP contribution in [-0.2, 0) is 4.79 Å². The Labute approximate surface area is 226 Å².